The van der Waals surface area contributed by atoms with Crippen LogP contribution in [0.2, 0.25) is 0 Å². The Labute approximate surface area is 112 Å². The van der Waals surface area contributed by atoms with Gasteiger partial charge in [0.25, 0.3) is 0 Å². The van der Waals surface area contributed by atoms with E-state index >= 15 is 0 Å². The van der Waals surface area contributed by atoms with E-state index in [1.54, 1.807) is 24.5 Å². The highest BCUT2D eigenvalue weighted by molar-refractivity contribution is 5.39. The molecule has 2 rings (SSSR count). The third-order valence-electron chi connectivity index (χ3n) is 3.18. The number of benzene rings is 1. The topological polar surface area (TPSA) is 60.5 Å². The Morgan fingerprint density at radius 1 is 1.16 bits per heavy atom. The van der Waals surface area contributed by atoms with E-state index in [0.29, 0.717) is 12.0 Å². The first-order valence-electron chi connectivity index (χ1n) is 5.99. The summed E-state index contributed by atoms with van der Waals surface area (Å²) < 4.78 is 0. The first-order chi connectivity index (χ1) is 9.18. The molecule has 0 amide bonds. The summed E-state index contributed by atoms with van der Waals surface area (Å²) >= 11 is 0. The Morgan fingerprint density at radius 3 is 2.42 bits per heavy atom. The largest absolute Gasteiger partial charge is 0.264 e. The van der Waals surface area contributed by atoms with Crippen LogP contribution < -0.4 is 0 Å². The van der Waals surface area contributed by atoms with Crippen LogP contribution in [0.1, 0.15) is 23.6 Å². The lowest BCUT2D eigenvalue weighted by atomic mass is 9.79. The first-order valence-corrected chi connectivity index (χ1v) is 5.99. The van der Waals surface area contributed by atoms with E-state index in [9.17, 15) is 5.26 Å². The molecule has 1 atom stereocenters. The van der Waals surface area contributed by atoms with Crippen molar-refractivity contribution in [3.05, 3.63) is 65.5 Å². The number of hydrogen-bond donors (Lipinski definition) is 0. The third-order valence-corrected chi connectivity index (χ3v) is 3.18. The fraction of sp³-hybridized carbons (Fsp3) is 0.188. The molecular weight excluding hydrogens is 234 g/mol. The van der Waals surface area contributed by atoms with E-state index in [1.807, 2.05) is 31.2 Å². The summed E-state index contributed by atoms with van der Waals surface area (Å²) in [6.45, 7) is 1.90. The summed E-state index contributed by atoms with van der Waals surface area (Å²) in [6, 6.07) is 15.5. The average molecular weight is 247 g/mol. The molecule has 0 radical (unpaired) electrons. The zero-order valence-corrected chi connectivity index (χ0v) is 10.7. The van der Waals surface area contributed by atoms with Gasteiger partial charge in [-0.3, -0.25) is 4.98 Å². The number of hydrogen-bond acceptors (Lipinski definition) is 3. The molecule has 0 spiro atoms. The minimum Gasteiger partial charge on any atom is -0.264 e. The standard InChI is InChI=1S/C16H13N3/c1-16(12-18,9-14-3-2-8-19-11-14)15-6-4-13(10-17)5-7-15/h2-8,11H,9H2,1H3. The molecule has 1 heterocycles. The van der Waals surface area contributed by atoms with Crippen LogP contribution in [-0.4, -0.2) is 4.98 Å². The molecule has 1 unspecified atom stereocenters. The van der Waals surface area contributed by atoms with Gasteiger partial charge in [0.2, 0.25) is 0 Å². The molecule has 0 saturated heterocycles. The summed E-state index contributed by atoms with van der Waals surface area (Å²) in [7, 11) is 0. The van der Waals surface area contributed by atoms with Crippen LogP contribution in [0, 0.1) is 22.7 Å². The Morgan fingerprint density at radius 2 is 1.89 bits per heavy atom. The van der Waals surface area contributed by atoms with E-state index in [1.165, 1.54) is 0 Å². The van der Waals surface area contributed by atoms with Gasteiger partial charge in [-0.25, -0.2) is 0 Å². The predicted molar refractivity (Wildman–Crippen MR) is 72.1 cm³/mol. The van der Waals surface area contributed by atoms with Gasteiger partial charge in [-0.15, -0.1) is 0 Å². The van der Waals surface area contributed by atoms with Crippen molar-refractivity contribution in [1.29, 1.82) is 10.5 Å². The van der Waals surface area contributed by atoms with Gasteiger partial charge >= 0.3 is 0 Å². The zero-order valence-electron chi connectivity index (χ0n) is 10.7. The summed E-state index contributed by atoms with van der Waals surface area (Å²) in [4.78, 5) is 4.07. The Bertz CT molecular complexity index is 632. The van der Waals surface area contributed by atoms with Crippen LogP contribution >= 0.6 is 0 Å². The molecule has 3 heteroatoms. The lowest BCUT2D eigenvalue weighted by molar-refractivity contribution is 0.605. The summed E-state index contributed by atoms with van der Waals surface area (Å²) in [6.07, 6.45) is 4.09. The minimum absolute atomic E-state index is 0.600. The van der Waals surface area contributed by atoms with Crippen molar-refractivity contribution < 1.29 is 0 Å². The summed E-state index contributed by atoms with van der Waals surface area (Å²) in [5.74, 6) is 0. The molecule has 0 fully saturated rings. The van der Waals surface area contributed by atoms with Gasteiger partial charge in [-0.1, -0.05) is 18.2 Å². The predicted octanol–water partition coefficient (Wildman–Crippen LogP) is 2.98. The second-order valence-electron chi connectivity index (χ2n) is 4.67. The number of nitrogens with zero attached hydrogens (tertiary/aromatic N) is 3. The average Bonchev–Trinajstić information content (AvgIpc) is 2.48. The molecule has 3 nitrogen and oxygen atoms in total. The molecule has 0 bridgehead atoms. The second-order valence-corrected chi connectivity index (χ2v) is 4.67. The fourth-order valence-corrected chi connectivity index (χ4v) is 2.03. The number of rotatable bonds is 3. The van der Waals surface area contributed by atoms with E-state index in [4.69, 9.17) is 5.26 Å². The highest BCUT2D eigenvalue weighted by atomic mass is 14.6. The maximum Gasteiger partial charge on any atom is 0.0991 e. The van der Waals surface area contributed by atoms with Crippen molar-refractivity contribution in [2.24, 2.45) is 0 Å². The molecule has 19 heavy (non-hydrogen) atoms. The molecule has 0 aliphatic carbocycles. The smallest absolute Gasteiger partial charge is 0.0991 e. The monoisotopic (exact) mass is 247 g/mol. The lowest BCUT2D eigenvalue weighted by Crippen LogP contribution is -2.22. The van der Waals surface area contributed by atoms with Crippen molar-refractivity contribution in [2.45, 2.75) is 18.8 Å². The molecule has 0 aliphatic rings. The second kappa shape index (κ2) is 5.33. The van der Waals surface area contributed by atoms with E-state index < -0.39 is 5.41 Å². The number of pyridine rings is 1. The van der Waals surface area contributed by atoms with Crippen LogP contribution in [-0.2, 0) is 11.8 Å². The SMILES string of the molecule is CC(C#N)(Cc1cccnc1)c1ccc(C#N)cc1. The van der Waals surface area contributed by atoms with E-state index in [-0.39, 0.29) is 0 Å². The van der Waals surface area contributed by atoms with Gasteiger partial charge in [0.05, 0.1) is 23.1 Å². The van der Waals surface area contributed by atoms with Gasteiger partial charge in [0.1, 0.15) is 0 Å². The number of aromatic nitrogens is 1. The lowest BCUT2D eigenvalue weighted by Gasteiger charge is -2.22. The van der Waals surface area contributed by atoms with Gasteiger partial charge < -0.3 is 0 Å². The van der Waals surface area contributed by atoms with Crippen LogP contribution in [0.3, 0.4) is 0 Å². The number of nitriles is 2. The molecule has 1 aromatic heterocycles. The quantitative estimate of drug-likeness (QED) is 0.837. The normalized spacial score (nSPS) is 13.0. The van der Waals surface area contributed by atoms with E-state index in [2.05, 4.69) is 17.1 Å². The molecule has 0 aliphatic heterocycles. The van der Waals surface area contributed by atoms with E-state index in [0.717, 1.165) is 11.1 Å². The maximum absolute atomic E-state index is 9.49. The molecule has 0 saturated carbocycles. The van der Waals surface area contributed by atoms with Crippen molar-refractivity contribution in [1.82, 2.24) is 4.98 Å². The summed E-state index contributed by atoms with van der Waals surface area (Å²) in [5, 5.41) is 18.3. The van der Waals surface area contributed by atoms with Crippen LogP contribution in [0.4, 0.5) is 0 Å². The van der Waals surface area contributed by atoms with Gasteiger partial charge in [0, 0.05) is 12.4 Å². The molecule has 1 aromatic carbocycles. The molecule has 92 valence electrons. The van der Waals surface area contributed by atoms with Gasteiger partial charge in [-0.2, -0.15) is 10.5 Å². The Hall–Kier alpha value is -2.65. The Balaban J connectivity index is 2.32. The third kappa shape index (κ3) is 2.78. The van der Waals surface area contributed by atoms with Crippen molar-refractivity contribution in [3.63, 3.8) is 0 Å². The van der Waals surface area contributed by atoms with Crippen LogP contribution in [0.25, 0.3) is 0 Å². The van der Waals surface area contributed by atoms with Crippen molar-refractivity contribution >= 4 is 0 Å². The molecule has 2 aromatic rings. The van der Waals surface area contributed by atoms with Crippen LogP contribution in [0.15, 0.2) is 48.8 Å². The molecular formula is C16H13N3. The fourth-order valence-electron chi connectivity index (χ4n) is 2.03. The minimum atomic E-state index is -0.614. The van der Waals surface area contributed by atoms with Gasteiger partial charge in [-0.05, 0) is 42.7 Å². The highest BCUT2D eigenvalue weighted by Crippen LogP contribution is 2.27. The van der Waals surface area contributed by atoms with Gasteiger partial charge in [0.15, 0.2) is 0 Å². The first kappa shape index (κ1) is 12.8. The Kier molecular flexibility index (Phi) is 3.59. The van der Waals surface area contributed by atoms with Crippen molar-refractivity contribution in [2.75, 3.05) is 0 Å². The molecule has 0 N–H and O–H groups in total. The summed E-state index contributed by atoms with van der Waals surface area (Å²) in [5.41, 5.74) is 1.93. The highest BCUT2D eigenvalue weighted by Gasteiger charge is 2.26. The van der Waals surface area contributed by atoms with Crippen LogP contribution in [0.5, 0.6) is 0 Å². The maximum atomic E-state index is 9.49. The zero-order chi connectivity index (χ0) is 13.7. The van der Waals surface area contributed by atoms with Crippen molar-refractivity contribution in [3.8, 4) is 12.1 Å².